The van der Waals surface area contributed by atoms with Crippen LogP contribution in [0.15, 0.2) is 30.3 Å². The smallest absolute Gasteiger partial charge is 0.221 e. The van der Waals surface area contributed by atoms with Crippen molar-refractivity contribution in [2.75, 3.05) is 37.7 Å². The highest BCUT2D eigenvalue weighted by molar-refractivity contribution is 7.99. The fourth-order valence-electron chi connectivity index (χ4n) is 3.44. The summed E-state index contributed by atoms with van der Waals surface area (Å²) in [5.41, 5.74) is 1.31. The normalized spacial score (nSPS) is 23.6. The summed E-state index contributed by atoms with van der Waals surface area (Å²) in [6.07, 6.45) is 3.12. The van der Waals surface area contributed by atoms with Gasteiger partial charge in [0.25, 0.3) is 0 Å². The predicted octanol–water partition coefficient (Wildman–Crippen LogP) is 2.03. The van der Waals surface area contributed by atoms with Gasteiger partial charge in [-0.05, 0) is 31.5 Å². The molecule has 3 rings (SSSR count). The van der Waals surface area contributed by atoms with E-state index in [-0.39, 0.29) is 5.91 Å². The lowest BCUT2D eigenvalue weighted by Gasteiger charge is -2.29. The van der Waals surface area contributed by atoms with E-state index < -0.39 is 0 Å². The molecule has 126 valence electrons. The maximum Gasteiger partial charge on any atom is 0.221 e. The zero-order chi connectivity index (χ0) is 15.9. The summed E-state index contributed by atoms with van der Waals surface area (Å²) < 4.78 is 0. The van der Waals surface area contributed by atoms with Crippen molar-refractivity contribution < 1.29 is 4.79 Å². The van der Waals surface area contributed by atoms with E-state index >= 15 is 0 Å². The molecule has 2 heterocycles. The van der Waals surface area contributed by atoms with E-state index in [0.717, 1.165) is 31.1 Å². The van der Waals surface area contributed by atoms with Gasteiger partial charge in [0.2, 0.25) is 5.91 Å². The van der Waals surface area contributed by atoms with Crippen LogP contribution in [0.4, 0.5) is 0 Å². The first-order chi connectivity index (χ1) is 11.3. The Balaban J connectivity index is 1.54. The second-order valence-corrected chi connectivity index (χ2v) is 7.55. The van der Waals surface area contributed by atoms with E-state index in [1.54, 1.807) is 0 Å². The molecule has 2 aliphatic heterocycles. The van der Waals surface area contributed by atoms with Gasteiger partial charge in [-0.1, -0.05) is 30.3 Å². The quantitative estimate of drug-likeness (QED) is 0.836. The molecule has 0 aromatic heterocycles. The second kappa shape index (κ2) is 8.71. The van der Waals surface area contributed by atoms with Crippen LogP contribution in [-0.2, 0) is 4.79 Å². The minimum absolute atomic E-state index is 0.171. The van der Waals surface area contributed by atoms with Gasteiger partial charge in [-0.2, -0.15) is 11.8 Å². The summed E-state index contributed by atoms with van der Waals surface area (Å²) in [6, 6.07) is 11.2. The van der Waals surface area contributed by atoms with Crippen molar-refractivity contribution in [2.45, 2.75) is 31.3 Å². The molecule has 0 aliphatic carbocycles. The molecular weight excluding hydrogens is 306 g/mol. The molecule has 0 saturated carbocycles. The summed E-state index contributed by atoms with van der Waals surface area (Å²) in [6.45, 7) is 4.00. The summed E-state index contributed by atoms with van der Waals surface area (Å²) in [5, 5.41) is 6.61. The Hall–Kier alpha value is -1.04. The van der Waals surface area contributed by atoms with Crippen LogP contribution >= 0.6 is 11.8 Å². The minimum atomic E-state index is 0.171. The fraction of sp³-hybridized carbons (Fsp3) is 0.611. The maximum atomic E-state index is 12.3. The summed E-state index contributed by atoms with van der Waals surface area (Å²) in [4.78, 5) is 14.8. The lowest BCUT2D eigenvalue weighted by atomic mass is 10.1. The van der Waals surface area contributed by atoms with E-state index in [1.165, 1.54) is 18.4 Å². The van der Waals surface area contributed by atoms with Gasteiger partial charge in [0.05, 0.1) is 6.04 Å². The molecule has 2 N–H and O–H groups in total. The molecule has 1 aromatic rings. The Morgan fingerprint density at radius 2 is 2.09 bits per heavy atom. The van der Waals surface area contributed by atoms with Crippen molar-refractivity contribution in [1.29, 1.82) is 0 Å². The largest absolute Gasteiger partial charge is 0.354 e. The minimum Gasteiger partial charge on any atom is -0.354 e. The summed E-state index contributed by atoms with van der Waals surface area (Å²) >= 11 is 1.94. The third-order valence-corrected chi connectivity index (χ3v) is 5.82. The Labute approximate surface area is 143 Å². The molecule has 2 saturated heterocycles. The van der Waals surface area contributed by atoms with Crippen molar-refractivity contribution in [1.82, 2.24) is 15.5 Å². The van der Waals surface area contributed by atoms with Crippen LogP contribution in [0.3, 0.4) is 0 Å². The van der Waals surface area contributed by atoms with Crippen molar-refractivity contribution in [3.63, 3.8) is 0 Å². The highest BCUT2D eigenvalue weighted by atomic mass is 32.2. The molecule has 5 heteroatoms. The SMILES string of the molecule is O=C(CC1CSCCN1)NCC(c1ccccc1)N1CCCC1. The van der Waals surface area contributed by atoms with E-state index in [9.17, 15) is 4.79 Å². The molecule has 0 bridgehead atoms. The molecule has 1 aromatic carbocycles. The predicted molar refractivity (Wildman–Crippen MR) is 96.7 cm³/mol. The van der Waals surface area contributed by atoms with Crippen LogP contribution in [-0.4, -0.2) is 54.5 Å². The summed E-state index contributed by atoms with van der Waals surface area (Å²) in [7, 11) is 0. The van der Waals surface area contributed by atoms with E-state index in [1.807, 2.05) is 11.8 Å². The number of likely N-dealkylation sites (tertiary alicyclic amines) is 1. The Kier molecular flexibility index (Phi) is 6.37. The number of carbonyl (C=O) groups excluding carboxylic acids is 1. The molecule has 2 unspecified atom stereocenters. The van der Waals surface area contributed by atoms with Crippen molar-refractivity contribution in [2.24, 2.45) is 0 Å². The van der Waals surface area contributed by atoms with E-state index in [0.29, 0.717) is 25.0 Å². The maximum absolute atomic E-state index is 12.3. The zero-order valence-corrected chi connectivity index (χ0v) is 14.5. The first-order valence-corrected chi connectivity index (χ1v) is 9.85. The number of carbonyl (C=O) groups is 1. The van der Waals surface area contributed by atoms with Crippen molar-refractivity contribution in [3.05, 3.63) is 35.9 Å². The van der Waals surface area contributed by atoms with Gasteiger partial charge in [0.1, 0.15) is 0 Å². The number of amides is 1. The lowest BCUT2D eigenvalue weighted by Crippen LogP contribution is -2.43. The molecule has 0 radical (unpaired) electrons. The Bertz CT molecular complexity index is 484. The van der Waals surface area contributed by atoms with Crippen LogP contribution in [0, 0.1) is 0 Å². The number of rotatable bonds is 6. The van der Waals surface area contributed by atoms with E-state index in [4.69, 9.17) is 0 Å². The van der Waals surface area contributed by atoms with Crippen LogP contribution < -0.4 is 10.6 Å². The molecule has 23 heavy (non-hydrogen) atoms. The number of hydrogen-bond acceptors (Lipinski definition) is 4. The third-order valence-electron chi connectivity index (χ3n) is 4.69. The van der Waals surface area contributed by atoms with Gasteiger partial charge < -0.3 is 10.6 Å². The average Bonchev–Trinajstić information content (AvgIpc) is 3.11. The number of nitrogens with zero attached hydrogens (tertiary/aromatic N) is 1. The first kappa shape index (κ1) is 16.8. The average molecular weight is 334 g/mol. The molecule has 2 fully saturated rings. The van der Waals surface area contributed by atoms with Gasteiger partial charge >= 0.3 is 0 Å². The van der Waals surface area contributed by atoms with Gasteiger partial charge in [-0.15, -0.1) is 0 Å². The van der Waals surface area contributed by atoms with Gasteiger partial charge in [0, 0.05) is 37.1 Å². The number of benzene rings is 1. The third kappa shape index (κ3) is 4.96. The fourth-order valence-corrected chi connectivity index (χ4v) is 4.39. The molecule has 0 spiro atoms. The zero-order valence-electron chi connectivity index (χ0n) is 13.7. The molecule has 4 nitrogen and oxygen atoms in total. The second-order valence-electron chi connectivity index (χ2n) is 6.40. The lowest BCUT2D eigenvalue weighted by molar-refractivity contribution is -0.121. The summed E-state index contributed by atoms with van der Waals surface area (Å²) in [5.74, 6) is 2.37. The first-order valence-electron chi connectivity index (χ1n) is 8.70. The van der Waals surface area contributed by atoms with Crippen LogP contribution in [0.25, 0.3) is 0 Å². The Morgan fingerprint density at radius 1 is 1.30 bits per heavy atom. The van der Waals surface area contributed by atoms with Gasteiger partial charge in [0.15, 0.2) is 0 Å². The van der Waals surface area contributed by atoms with Gasteiger partial charge in [-0.25, -0.2) is 0 Å². The molecule has 2 aliphatic rings. The number of hydrogen-bond donors (Lipinski definition) is 2. The van der Waals surface area contributed by atoms with E-state index in [2.05, 4.69) is 45.9 Å². The van der Waals surface area contributed by atoms with Crippen molar-refractivity contribution in [3.8, 4) is 0 Å². The van der Waals surface area contributed by atoms with Crippen LogP contribution in [0.5, 0.6) is 0 Å². The standard InChI is InChI=1S/C18H27N3OS/c22-18(12-16-14-23-11-8-19-16)20-13-17(21-9-4-5-10-21)15-6-2-1-3-7-15/h1-3,6-7,16-17,19H,4-5,8-14H2,(H,20,22). The topological polar surface area (TPSA) is 44.4 Å². The molecule has 2 atom stereocenters. The van der Waals surface area contributed by atoms with Crippen LogP contribution in [0.2, 0.25) is 0 Å². The molecular formula is C18H27N3OS. The van der Waals surface area contributed by atoms with Gasteiger partial charge in [-0.3, -0.25) is 9.69 Å². The molecule has 1 amide bonds. The number of thioether (sulfide) groups is 1. The van der Waals surface area contributed by atoms with Crippen LogP contribution in [0.1, 0.15) is 30.9 Å². The Morgan fingerprint density at radius 3 is 2.78 bits per heavy atom. The highest BCUT2D eigenvalue weighted by Crippen LogP contribution is 2.24. The number of nitrogens with one attached hydrogen (secondary N) is 2. The van der Waals surface area contributed by atoms with Crippen molar-refractivity contribution >= 4 is 17.7 Å². The highest BCUT2D eigenvalue weighted by Gasteiger charge is 2.24. The monoisotopic (exact) mass is 333 g/mol.